The lowest BCUT2D eigenvalue weighted by Crippen LogP contribution is -2.45. The number of hydrogen-bond donors (Lipinski definition) is 1. The molecule has 1 aliphatic heterocycles. The fourth-order valence-electron chi connectivity index (χ4n) is 2.76. The Morgan fingerprint density at radius 1 is 1.35 bits per heavy atom. The Morgan fingerprint density at radius 2 is 2.00 bits per heavy atom. The third-order valence-corrected chi connectivity index (χ3v) is 5.36. The number of aliphatic hydroxyl groups excluding tert-OH is 1. The van der Waals surface area contributed by atoms with E-state index in [0.29, 0.717) is 32.4 Å². The van der Waals surface area contributed by atoms with Crippen LogP contribution >= 0.6 is 0 Å². The molecule has 0 aromatic heterocycles. The lowest BCUT2D eigenvalue weighted by Gasteiger charge is -2.40. The first-order valence-corrected chi connectivity index (χ1v) is 8.50. The smallest absolute Gasteiger partial charge is 0.211 e. The summed E-state index contributed by atoms with van der Waals surface area (Å²) in [5.41, 5.74) is 0.487. The maximum atomic E-state index is 13.2. The molecular formula is C14H20FNO3S. The van der Waals surface area contributed by atoms with E-state index in [9.17, 15) is 17.9 Å². The molecule has 0 saturated carbocycles. The molecular weight excluding hydrogens is 281 g/mol. The number of rotatable bonds is 4. The minimum Gasteiger partial charge on any atom is -0.396 e. The molecule has 0 radical (unpaired) electrons. The maximum absolute atomic E-state index is 13.2. The zero-order chi connectivity index (χ0) is 14.8. The molecule has 1 fully saturated rings. The Labute approximate surface area is 119 Å². The van der Waals surface area contributed by atoms with Crippen molar-refractivity contribution in [3.8, 4) is 0 Å². The number of aliphatic hydroxyl groups is 1. The largest absolute Gasteiger partial charge is 0.396 e. The van der Waals surface area contributed by atoms with Gasteiger partial charge in [-0.15, -0.1) is 0 Å². The van der Waals surface area contributed by atoms with E-state index in [1.165, 1.54) is 22.7 Å². The Bertz CT molecular complexity index is 566. The molecule has 0 unspecified atom stereocenters. The van der Waals surface area contributed by atoms with Crippen molar-refractivity contribution in [2.45, 2.75) is 19.3 Å². The van der Waals surface area contributed by atoms with Crippen molar-refractivity contribution in [1.29, 1.82) is 0 Å². The Hall–Kier alpha value is -0.980. The first kappa shape index (κ1) is 15.4. The molecule has 6 heteroatoms. The highest BCUT2D eigenvalue weighted by Gasteiger charge is 2.36. The number of nitrogens with zero attached hydrogens (tertiary/aromatic N) is 1. The van der Waals surface area contributed by atoms with E-state index < -0.39 is 10.0 Å². The minimum atomic E-state index is -3.17. The molecule has 0 amide bonds. The fraction of sp³-hybridized carbons (Fsp3) is 0.571. The van der Waals surface area contributed by atoms with Crippen molar-refractivity contribution in [2.24, 2.45) is 5.41 Å². The van der Waals surface area contributed by atoms with E-state index in [4.69, 9.17) is 0 Å². The fourth-order valence-corrected chi connectivity index (χ4v) is 3.61. The lowest BCUT2D eigenvalue weighted by atomic mass is 9.75. The van der Waals surface area contributed by atoms with E-state index in [2.05, 4.69) is 0 Å². The Balaban J connectivity index is 2.09. The van der Waals surface area contributed by atoms with Crippen LogP contribution in [0.2, 0.25) is 0 Å². The van der Waals surface area contributed by atoms with Gasteiger partial charge in [0.2, 0.25) is 10.0 Å². The maximum Gasteiger partial charge on any atom is 0.211 e. The van der Waals surface area contributed by atoms with Crippen LogP contribution in [0.5, 0.6) is 0 Å². The molecule has 1 saturated heterocycles. The summed E-state index contributed by atoms with van der Waals surface area (Å²) in [5, 5.41) is 9.70. The van der Waals surface area contributed by atoms with Crippen molar-refractivity contribution in [2.75, 3.05) is 26.0 Å². The van der Waals surface area contributed by atoms with Crippen LogP contribution in [-0.4, -0.2) is 43.8 Å². The van der Waals surface area contributed by atoms with Gasteiger partial charge in [0.05, 0.1) is 6.26 Å². The van der Waals surface area contributed by atoms with Crippen molar-refractivity contribution in [1.82, 2.24) is 4.31 Å². The van der Waals surface area contributed by atoms with Gasteiger partial charge in [-0.05, 0) is 42.4 Å². The van der Waals surface area contributed by atoms with E-state index in [-0.39, 0.29) is 17.8 Å². The molecule has 0 aliphatic carbocycles. The van der Waals surface area contributed by atoms with Crippen molar-refractivity contribution in [3.05, 3.63) is 35.6 Å². The van der Waals surface area contributed by atoms with Gasteiger partial charge < -0.3 is 5.11 Å². The van der Waals surface area contributed by atoms with Crippen LogP contribution < -0.4 is 0 Å². The van der Waals surface area contributed by atoms with Gasteiger partial charge in [0.25, 0.3) is 0 Å². The zero-order valence-electron chi connectivity index (χ0n) is 11.5. The Kier molecular flexibility index (Phi) is 4.46. The monoisotopic (exact) mass is 301 g/mol. The number of sulfonamides is 1. The predicted octanol–water partition coefficient (Wildman–Crippen LogP) is 1.40. The summed E-state index contributed by atoms with van der Waals surface area (Å²) in [6, 6.07) is 6.35. The van der Waals surface area contributed by atoms with Crippen LogP contribution in [0.3, 0.4) is 0 Å². The summed E-state index contributed by atoms with van der Waals surface area (Å²) in [7, 11) is -3.17. The molecule has 0 bridgehead atoms. The van der Waals surface area contributed by atoms with Crippen molar-refractivity contribution in [3.63, 3.8) is 0 Å². The number of piperidine rings is 1. The van der Waals surface area contributed by atoms with Gasteiger partial charge in [0.1, 0.15) is 5.82 Å². The normalized spacial score (nSPS) is 19.9. The summed E-state index contributed by atoms with van der Waals surface area (Å²) < 4.78 is 37.7. The van der Waals surface area contributed by atoms with Gasteiger partial charge in [-0.2, -0.15) is 0 Å². The van der Waals surface area contributed by atoms with Crippen LogP contribution in [-0.2, 0) is 16.4 Å². The summed E-state index contributed by atoms with van der Waals surface area (Å²) >= 11 is 0. The van der Waals surface area contributed by atoms with Gasteiger partial charge in [-0.1, -0.05) is 12.1 Å². The average molecular weight is 301 g/mol. The second-order valence-electron chi connectivity index (χ2n) is 5.63. The first-order valence-electron chi connectivity index (χ1n) is 6.65. The highest BCUT2D eigenvalue weighted by molar-refractivity contribution is 7.88. The SMILES string of the molecule is CS(=O)(=O)N1CCC(CO)(Cc2cccc(F)c2)CC1. The van der Waals surface area contributed by atoms with Gasteiger partial charge in [0, 0.05) is 19.7 Å². The second kappa shape index (κ2) is 5.79. The lowest BCUT2D eigenvalue weighted by molar-refractivity contribution is 0.0686. The highest BCUT2D eigenvalue weighted by Crippen LogP contribution is 2.35. The van der Waals surface area contributed by atoms with E-state index in [1.54, 1.807) is 6.07 Å². The minimum absolute atomic E-state index is 0.0128. The number of halogens is 1. The molecule has 0 spiro atoms. The van der Waals surface area contributed by atoms with Gasteiger partial charge in [-0.25, -0.2) is 17.1 Å². The summed E-state index contributed by atoms with van der Waals surface area (Å²) in [5.74, 6) is -0.288. The molecule has 1 heterocycles. The summed E-state index contributed by atoms with van der Waals surface area (Å²) in [4.78, 5) is 0. The molecule has 20 heavy (non-hydrogen) atoms. The van der Waals surface area contributed by atoms with Gasteiger partial charge in [-0.3, -0.25) is 0 Å². The third kappa shape index (κ3) is 3.56. The van der Waals surface area contributed by atoms with Crippen LogP contribution in [0.4, 0.5) is 4.39 Å². The van der Waals surface area contributed by atoms with Gasteiger partial charge in [0.15, 0.2) is 0 Å². The summed E-state index contributed by atoms with van der Waals surface area (Å²) in [6.45, 7) is 0.810. The van der Waals surface area contributed by atoms with Gasteiger partial charge >= 0.3 is 0 Å². The molecule has 1 aliphatic rings. The van der Waals surface area contributed by atoms with Crippen LogP contribution in [0.1, 0.15) is 18.4 Å². The Morgan fingerprint density at radius 3 is 2.50 bits per heavy atom. The number of hydrogen-bond acceptors (Lipinski definition) is 3. The highest BCUT2D eigenvalue weighted by atomic mass is 32.2. The molecule has 1 N–H and O–H groups in total. The molecule has 112 valence electrons. The topological polar surface area (TPSA) is 57.6 Å². The van der Waals surface area contributed by atoms with Crippen molar-refractivity contribution >= 4 is 10.0 Å². The average Bonchev–Trinajstić information content (AvgIpc) is 2.38. The third-order valence-electron chi connectivity index (χ3n) is 4.06. The molecule has 1 aromatic carbocycles. The predicted molar refractivity (Wildman–Crippen MR) is 75.3 cm³/mol. The van der Waals surface area contributed by atoms with E-state index in [0.717, 1.165) is 5.56 Å². The van der Waals surface area contributed by atoms with Crippen LogP contribution in [0, 0.1) is 11.2 Å². The standard InChI is InChI=1S/C14H20FNO3S/c1-20(18,19)16-7-5-14(11-17,6-8-16)10-12-3-2-4-13(15)9-12/h2-4,9,17H,5-8,10-11H2,1H3. The first-order chi connectivity index (χ1) is 9.35. The molecule has 0 atom stereocenters. The van der Waals surface area contributed by atoms with Crippen LogP contribution in [0.25, 0.3) is 0 Å². The quantitative estimate of drug-likeness (QED) is 0.914. The van der Waals surface area contributed by atoms with E-state index >= 15 is 0 Å². The zero-order valence-corrected chi connectivity index (χ0v) is 12.4. The second-order valence-corrected chi connectivity index (χ2v) is 7.61. The molecule has 1 aromatic rings. The molecule has 4 nitrogen and oxygen atoms in total. The summed E-state index contributed by atoms with van der Waals surface area (Å²) in [6.07, 6.45) is 2.95. The van der Waals surface area contributed by atoms with Crippen LogP contribution in [0.15, 0.2) is 24.3 Å². The van der Waals surface area contributed by atoms with Crippen molar-refractivity contribution < 1.29 is 17.9 Å². The van der Waals surface area contributed by atoms with E-state index in [1.807, 2.05) is 6.07 Å². The number of benzene rings is 1. The molecule has 2 rings (SSSR count).